The summed E-state index contributed by atoms with van der Waals surface area (Å²) in [5, 5.41) is 2.97. The quantitative estimate of drug-likeness (QED) is 0.841. The Hall–Kier alpha value is -1.44. The lowest BCUT2D eigenvalue weighted by Gasteiger charge is -2.06. The van der Waals surface area contributed by atoms with Gasteiger partial charge in [-0.05, 0) is 30.2 Å². The van der Waals surface area contributed by atoms with Crippen LogP contribution >= 0.6 is 11.3 Å². The lowest BCUT2D eigenvalue weighted by Crippen LogP contribution is -2.25. The number of thiazole rings is 1. The van der Waals surface area contributed by atoms with Gasteiger partial charge in [-0.3, -0.25) is 0 Å². The van der Waals surface area contributed by atoms with Crippen LogP contribution in [0.25, 0.3) is 0 Å². The zero-order valence-electron chi connectivity index (χ0n) is 12.9. The Balaban J connectivity index is 1.94. The highest BCUT2D eigenvalue weighted by atomic mass is 32.2. The Morgan fingerprint density at radius 3 is 2.50 bits per heavy atom. The number of aromatic nitrogens is 1. The molecule has 22 heavy (non-hydrogen) atoms. The van der Waals surface area contributed by atoms with Crippen molar-refractivity contribution < 1.29 is 13.2 Å². The maximum Gasteiger partial charge on any atom is 0.240 e. The molecule has 1 aromatic carbocycles. The molecule has 7 heteroatoms. The second kappa shape index (κ2) is 7.21. The minimum atomic E-state index is -3.49. The predicted molar refractivity (Wildman–Crippen MR) is 88.1 cm³/mol. The smallest absolute Gasteiger partial charge is 0.240 e. The van der Waals surface area contributed by atoms with Gasteiger partial charge in [0.25, 0.3) is 0 Å². The third kappa shape index (κ3) is 4.28. The molecule has 0 aliphatic rings. The van der Waals surface area contributed by atoms with Crippen molar-refractivity contribution in [2.45, 2.75) is 31.1 Å². The van der Waals surface area contributed by atoms with Crippen LogP contribution in [0.5, 0.6) is 5.75 Å². The van der Waals surface area contributed by atoms with Crippen LogP contribution in [0.15, 0.2) is 34.5 Å². The number of hydrogen-bond donors (Lipinski definition) is 1. The summed E-state index contributed by atoms with van der Waals surface area (Å²) in [6, 6.07) is 6.32. The van der Waals surface area contributed by atoms with Gasteiger partial charge in [-0.25, -0.2) is 18.1 Å². The molecule has 2 rings (SSSR count). The number of hydrogen-bond acceptors (Lipinski definition) is 5. The Kier molecular flexibility index (Phi) is 5.55. The average molecular weight is 340 g/mol. The molecular formula is C15H20N2O3S2. The molecule has 0 spiro atoms. The Labute approximate surface area is 135 Å². The minimum absolute atomic E-state index is 0.232. The van der Waals surface area contributed by atoms with E-state index in [4.69, 9.17) is 4.74 Å². The monoisotopic (exact) mass is 340 g/mol. The third-order valence-electron chi connectivity index (χ3n) is 3.16. The van der Waals surface area contributed by atoms with Gasteiger partial charge >= 0.3 is 0 Å². The van der Waals surface area contributed by atoms with Gasteiger partial charge in [0, 0.05) is 18.3 Å². The highest BCUT2D eigenvalue weighted by Gasteiger charge is 2.14. The molecular weight excluding hydrogens is 320 g/mol. The summed E-state index contributed by atoms with van der Waals surface area (Å²) in [6.45, 7) is 4.51. The normalized spacial score (nSPS) is 11.8. The first-order valence-corrected chi connectivity index (χ1v) is 9.36. The van der Waals surface area contributed by atoms with Gasteiger partial charge in [0.2, 0.25) is 10.0 Å². The van der Waals surface area contributed by atoms with E-state index < -0.39 is 10.0 Å². The van der Waals surface area contributed by atoms with Gasteiger partial charge in [-0.15, -0.1) is 11.3 Å². The van der Waals surface area contributed by atoms with Crippen molar-refractivity contribution in [3.8, 4) is 5.75 Å². The lowest BCUT2D eigenvalue weighted by atomic mass is 10.2. The van der Waals surface area contributed by atoms with E-state index in [2.05, 4.69) is 23.6 Å². The molecule has 2 aromatic rings. The molecule has 0 saturated heterocycles. The number of nitrogens with zero attached hydrogens (tertiary/aromatic N) is 1. The van der Waals surface area contributed by atoms with Crippen LogP contribution in [0, 0.1) is 0 Å². The van der Waals surface area contributed by atoms with Crippen LogP contribution in [0.1, 0.15) is 30.5 Å². The number of ether oxygens (including phenoxy) is 1. The van der Waals surface area contributed by atoms with E-state index in [-0.39, 0.29) is 4.90 Å². The zero-order valence-corrected chi connectivity index (χ0v) is 14.5. The van der Waals surface area contributed by atoms with Crippen LogP contribution in [-0.4, -0.2) is 27.1 Å². The topological polar surface area (TPSA) is 68.3 Å². The standard InChI is InChI=1S/C15H20N2O3S2/c1-11(2)14-10-21-15(17-14)8-9-16-22(18,19)13-6-4-12(20-3)5-7-13/h4-7,10-11,16H,8-9H2,1-3H3. The number of sulfonamides is 1. The maximum atomic E-state index is 12.2. The van der Waals surface area contributed by atoms with E-state index in [0.29, 0.717) is 24.6 Å². The molecule has 0 aliphatic carbocycles. The first-order valence-electron chi connectivity index (χ1n) is 7.00. The van der Waals surface area contributed by atoms with E-state index >= 15 is 0 Å². The number of benzene rings is 1. The van der Waals surface area contributed by atoms with Crippen molar-refractivity contribution in [2.24, 2.45) is 0 Å². The molecule has 5 nitrogen and oxygen atoms in total. The van der Waals surface area contributed by atoms with Gasteiger partial charge in [0.15, 0.2) is 0 Å². The predicted octanol–water partition coefficient (Wildman–Crippen LogP) is 2.80. The van der Waals surface area contributed by atoms with Crippen LogP contribution in [0.3, 0.4) is 0 Å². The highest BCUT2D eigenvalue weighted by Crippen LogP contribution is 2.18. The Bertz CT molecular complexity index is 707. The Morgan fingerprint density at radius 1 is 1.27 bits per heavy atom. The molecule has 0 saturated carbocycles. The molecule has 1 N–H and O–H groups in total. The second-order valence-electron chi connectivity index (χ2n) is 5.14. The molecule has 0 fully saturated rings. The third-order valence-corrected chi connectivity index (χ3v) is 5.57. The van der Waals surface area contributed by atoms with Crippen molar-refractivity contribution in [2.75, 3.05) is 13.7 Å². The molecule has 0 radical (unpaired) electrons. The molecule has 0 unspecified atom stereocenters. The van der Waals surface area contributed by atoms with Gasteiger partial charge in [0.1, 0.15) is 5.75 Å². The van der Waals surface area contributed by atoms with Gasteiger partial charge in [0.05, 0.1) is 22.7 Å². The summed E-state index contributed by atoms with van der Waals surface area (Å²) >= 11 is 1.57. The van der Waals surface area contributed by atoms with Crippen molar-refractivity contribution >= 4 is 21.4 Å². The molecule has 0 bridgehead atoms. The molecule has 1 heterocycles. The van der Waals surface area contributed by atoms with E-state index in [1.165, 1.54) is 12.1 Å². The summed E-state index contributed by atoms with van der Waals surface area (Å²) < 4.78 is 32.0. The largest absolute Gasteiger partial charge is 0.497 e. The maximum absolute atomic E-state index is 12.2. The zero-order chi connectivity index (χ0) is 16.2. The minimum Gasteiger partial charge on any atom is -0.497 e. The van der Waals surface area contributed by atoms with Gasteiger partial charge < -0.3 is 4.74 Å². The van der Waals surface area contributed by atoms with E-state index in [0.717, 1.165) is 10.7 Å². The van der Waals surface area contributed by atoms with Crippen molar-refractivity contribution in [1.29, 1.82) is 0 Å². The van der Waals surface area contributed by atoms with E-state index in [1.807, 2.05) is 5.38 Å². The van der Waals surface area contributed by atoms with Gasteiger partial charge in [-0.2, -0.15) is 0 Å². The fourth-order valence-electron chi connectivity index (χ4n) is 1.84. The summed E-state index contributed by atoms with van der Waals surface area (Å²) in [4.78, 5) is 4.72. The summed E-state index contributed by atoms with van der Waals surface area (Å²) in [5.74, 6) is 1.02. The van der Waals surface area contributed by atoms with Crippen LogP contribution < -0.4 is 9.46 Å². The number of rotatable bonds is 7. The fourth-order valence-corrected chi connectivity index (χ4v) is 3.83. The summed E-state index contributed by atoms with van der Waals surface area (Å²) in [5.41, 5.74) is 1.05. The second-order valence-corrected chi connectivity index (χ2v) is 7.85. The number of methoxy groups -OCH3 is 1. The summed E-state index contributed by atoms with van der Waals surface area (Å²) in [6.07, 6.45) is 0.590. The SMILES string of the molecule is COc1ccc(S(=O)(=O)NCCc2nc(C(C)C)cs2)cc1. The molecule has 120 valence electrons. The van der Waals surface area contributed by atoms with Crippen molar-refractivity contribution in [3.63, 3.8) is 0 Å². The van der Waals surface area contributed by atoms with Crippen molar-refractivity contribution in [3.05, 3.63) is 40.3 Å². The first-order chi connectivity index (χ1) is 10.4. The number of nitrogens with one attached hydrogen (secondary N) is 1. The van der Waals surface area contributed by atoms with Crippen LogP contribution in [0.2, 0.25) is 0 Å². The molecule has 0 amide bonds. The van der Waals surface area contributed by atoms with Crippen LogP contribution in [0.4, 0.5) is 0 Å². The van der Waals surface area contributed by atoms with Crippen molar-refractivity contribution in [1.82, 2.24) is 9.71 Å². The fraction of sp³-hybridized carbons (Fsp3) is 0.400. The van der Waals surface area contributed by atoms with Gasteiger partial charge in [-0.1, -0.05) is 13.8 Å². The van der Waals surface area contributed by atoms with E-state index in [9.17, 15) is 8.42 Å². The molecule has 0 aliphatic heterocycles. The summed E-state index contributed by atoms with van der Waals surface area (Å²) in [7, 11) is -1.95. The van der Waals surface area contributed by atoms with E-state index in [1.54, 1.807) is 30.6 Å². The average Bonchev–Trinajstić information content (AvgIpc) is 2.96. The highest BCUT2D eigenvalue weighted by molar-refractivity contribution is 7.89. The lowest BCUT2D eigenvalue weighted by molar-refractivity contribution is 0.414. The molecule has 1 aromatic heterocycles. The molecule has 0 atom stereocenters. The van der Waals surface area contributed by atoms with Crippen LogP contribution in [-0.2, 0) is 16.4 Å². The first kappa shape index (κ1) is 16.9. The Morgan fingerprint density at radius 2 is 1.95 bits per heavy atom.